The fraction of sp³-hybridized carbons (Fsp3) is 0.696. The normalized spacial score (nSPS) is 24.0. The molecular weight excluding hydrogens is 398 g/mol. The number of carbonyl (C=O) groups excluding carboxylic acids is 1. The first-order chi connectivity index (χ1) is 15.0. The Morgan fingerprint density at radius 3 is 2.35 bits per heavy atom. The van der Waals surface area contributed by atoms with Gasteiger partial charge >= 0.3 is 0 Å². The van der Waals surface area contributed by atoms with Gasteiger partial charge in [-0.2, -0.15) is 0 Å². The summed E-state index contributed by atoms with van der Waals surface area (Å²) in [6.07, 6.45) is 6.76. The Hall–Kier alpha value is -2.03. The Labute approximate surface area is 184 Å². The van der Waals surface area contributed by atoms with Gasteiger partial charge in [-0.15, -0.1) is 0 Å². The summed E-state index contributed by atoms with van der Waals surface area (Å²) in [5, 5.41) is 11.0. The summed E-state index contributed by atoms with van der Waals surface area (Å²) in [4.78, 5) is 28.6. The average molecular weight is 434 g/mol. The summed E-state index contributed by atoms with van der Waals surface area (Å²) in [5.74, 6) is -0.846. The maximum absolute atomic E-state index is 13.6. The number of nitro benzene ring substituents is 1. The third-order valence-corrected chi connectivity index (χ3v) is 6.77. The fourth-order valence-corrected chi connectivity index (χ4v) is 5.27. The highest BCUT2D eigenvalue weighted by Gasteiger charge is 2.51. The number of amides is 1. The molecule has 2 atom stereocenters. The predicted octanol–water partition coefficient (Wildman–Crippen LogP) is 3.84. The van der Waals surface area contributed by atoms with Gasteiger partial charge < -0.3 is 14.4 Å². The standard InChI is InChI=1S/C23H35N3O5/c1-4-15-25(22(27)18-10-12-19(13-11-18)26(28)29)20-9-5-6-14-23(30-2,31-3)21(20)24-16-7-8-17-24/h10-13,20-21H,4-9,14-17H2,1-3H3. The van der Waals surface area contributed by atoms with Crippen molar-refractivity contribution >= 4 is 11.6 Å². The van der Waals surface area contributed by atoms with Gasteiger partial charge in [0.05, 0.1) is 17.0 Å². The lowest BCUT2D eigenvalue weighted by molar-refractivity contribution is -0.384. The minimum absolute atomic E-state index is 0.0132. The monoisotopic (exact) mass is 433 g/mol. The molecule has 3 rings (SSSR count). The van der Waals surface area contributed by atoms with E-state index < -0.39 is 10.7 Å². The largest absolute Gasteiger partial charge is 0.352 e. The number of likely N-dealkylation sites (tertiary alicyclic amines) is 1. The van der Waals surface area contributed by atoms with Crippen molar-refractivity contribution in [1.82, 2.24) is 9.80 Å². The number of non-ortho nitro benzene ring substituents is 1. The number of nitro groups is 1. The van der Waals surface area contributed by atoms with E-state index >= 15 is 0 Å². The van der Waals surface area contributed by atoms with Crippen LogP contribution in [0.4, 0.5) is 5.69 Å². The van der Waals surface area contributed by atoms with Crippen molar-refractivity contribution in [3.8, 4) is 0 Å². The van der Waals surface area contributed by atoms with Gasteiger partial charge in [0.2, 0.25) is 0 Å². The molecule has 2 unspecified atom stereocenters. The van der Waals surface area contributed by atoms with Gasteiger partial charge in [0, 0.05) is 44.9 Å². The molecule has 1 heterocycles. The minimum atomic E-state index is -0.757. The fourth-order valence-electron chi connectivity index (χ4n) is 5.27. The van der Waals surface area contributed by atoms with Crippen molar-refractivity contribution in [1.29, 1.82) is 0 Å². The van der Waals surface area contributed by atoms with Gasteiger partial charge in [-0.25, -0.2) is 0 Å². The maximum atomic E-state index is 13.6. The molecule has 0 spiro atoms. The van der Waals surface area contributed by atoms with E-state index in [9.17, 15) is 14.9 Å². The number of hydrogen-bond acceptors (Lipinski definition) is 6. The van der Waals surface area contributed by atoms with Crippen LogP contribution in [0.5, 0.6) is 0 Å². The molecule has 1 saturated heterocycles. The zero-order valence-corrected chi connectivity index (χ0v) is 18.9. The topological polar surface area (TPSA) is 85.2 Å². The Morgan fingerprint density at radius 2 is 1.81 bits per heavy atom. The second-order valence-corrected chi connectivity index (χ2v) is 8.52. The van der Waals surface area contributed by atoms with Crippen LogP contribution < -0.4 is 0 Å². The molecule has 1 amide bonds. The third kappa shape index (κ3) is 4.91. The van der Waals surface area contributed by atoms with Gasteiger partial charge in [-0.1, -0.05) is 13.3 Å². The maximum Gasteiger partial charge on any atom is 0.269 e. The van der Waals surface area contributed by atoms with Crippen molar-refractivity contribution < 1.29 is 19.2 Å². The lowest BCUT2D eigenvalue weighted by Gasteiger charge is -2.48. The van der Waals surface area contributed by atoms with Crippen LogP contribution in [0.2, 0.25) is 0 Å². The van der Waals surface area contributed by atoms with Crippen LogP contribution >= 0.6 is 0 Å². The quantitative estimate of drug-likeness (QED) is 0.268. The summed E-state index contributed by atoms with van der Waals surface area (Å²) in [6.45, 7) is 4.63. The number of carbonyl (C=O) groups is 1. The molecule has 172 valence electrons. The lowest BCUT2D eigenvalue weighted by Crippen LogP contribution is -2.64. The van der Waals surface area contributed by atoms with Crippen LogP contribution in [0.25, 0.3) is 0 Å². The molecule has 0 bridgehead atoms. The van der Waals surface area contributed by atoms with Crippen LogP contribution in [0.3, 0.4) is 0 Å². The molecular formula is C23H35N3O5. The van der Waals surface area contributed by atoms with Crippen molar-refractivity contribution in [3.63, 3.8) is 0 Å². The molecule has 8 heteroatoms. The number of rotatable bonds is 8. The van der Waals surface area contributed by atoms with Crippen LogP contribution in [0, 0.1) is 10.1 Å². The molecule has 2 aliphatic rings. The molecule has 1 aromatic carbocycles. The number of benzene rings is 1. The summed E-state index contributed by atoms with van der Waals surface area (Å²) in [5.41, 5.74) is 0.463. The van der Waals surface area contributed by atoms with Gasteiger partial charge in [0.25, 0.3) is 11.6 Å². The van der Waals surface area contributed by atoms with E-state index in [1.54, 1.807) is 26.4 Å². The summed E-state index contributed by atoms with van der Waals surface area (Å²) in [6, 6.07) is 5.81. The van der Waals surface area contributed by atoms with Gasteiger partial charge in [0.1, 0.15) is 0 Å². The molecule has 0 aromatic heterocycles. The SMILES string of the molecule is CCCN(C(=O)c1ccc([N+](=O)[O-])cc1)C1CCCCC(OC)(OC)C1N1CCCC1. The highest BCUT2D eigenvalue weighted by atomic mass is 16.7. The van der Waals surface area contributed by atoms with E-state index in [1.807, 2.05) is 4.90 Å². The number of nitrogens with zero attached hydrogens (tertiary/aromatic N) is 3. The third-order valence-electron chi connectivity index (χ3n) is 6.77. The van der Waals surface area contributed by atoms with Crippen LogP contribution in [-0.4, -0.2) is 72.4 Å². The highest BCUT2D eigenvalue weighted by molar-refractivity contribution is 5.94. The van der Waals surface area contributed by atoms with E-state index in [2.05, 4.69) is 11.8 Å². The second-order valence-electron chi connectivity index (χ2n) is 8.52. The second kappa shape index (κ2) is 10.5. The first kappa shape index (κ1) is 23.6. The smallest absolute Gasteiger partial charge is 0.269 e. The van der Waals surface area contributed by atoms with Crippen LogP contribution in [-0.2, 0) is 9.47 Å². The van der Waals surface area contributed by atoms with Crippen molar-refractivity contribution in [3.05, 3.63) is 39.9 Å². The molecule has 0 N–H and O–H groups in total. The predicted molar refractivity (Wildman–Crippen MR) is 118 cm³/mol. The van der Waals surface area contributed by atoms with Crippen LogP contribution in [0.1, 0.15) is 62.2 Å². The average Bonchev–Trinajstić information content (AvgIpc) is 3.25. The highest BCUT2D eigenvalue weighted by Crippen LogP contribution is 2.38. The van der Waals surface area contributed by atoms with Gasteiger partial charge in [-0.3, -0.25) is 19.8 Å². The Balaban J connectivity index is 1.99. The van der Waals surface area contributed by atoms with Crippen LogP contribution in [0.15, 0.2) is 24.3 Å². The van der Waals surface area contributed by atoms with E-state index in [1.165, 1.54) is 12.1 Å². The summed E-state index contributed by atoms with van der Waals surface area (Å²) in [7, 11) is 3.41. The van der Waals surface area contributed by atoms with Crippen molar-refractivity contribution in [2.45, 2.75) is 69.7 Å². The lowest BCUT2D eigenvalue weighted by atomic mass is 9.93. The molecule has 31 heavy (non-hydrogen) atoms. The van der Waals surface area contributed by atoms with Gasteiger partial charge in [0.15, 0.2) is 5.79 Å². The van der Waals surface area contributed by atoms with E-state index in [-0.39, 0.29) is 23.7 Å². The molecule has 8 nitrogen and oxygen atoms in total. The van der Waals surface area contributed by atoms with Crippen molar-refractivity contribution in [2.24, 2.45) is 0 Å². The number of hydrogen-bond donors (Lipinski definition) is 0. The van der Waals surface area contributed by atoms with E-state index in [0.717, 1.165) is 58.0 Å². The zero-order valence-electron chi connectivity index (χ0n) is 18.9. The Bertz CT molecular complexity index is 744. The summed E-state index contributed by atoms with van der Waals surface area (Å²) < 4.78 is 12.1. The molecule has 1 aliphatic heterocycles. The molecule has 0 radical (unpaired) electrons. The molecule has 1 aliphatic carbocycles. The van der Waals surface area contributed by atoms with E-state index in [0.29, 0.717) is 12.1 Å². The Kier molecular flexibility index (Phi) is 8.02. The number of ether oxygens (including phenoxy) is 2. The molecule has 1 aromatic rings. The summed E-state index contributed by atoms with van der Waals surface area (Å²) >= 11 is 0. The van der Waals surface area contributed by atoms with Gasteiger partial charge in [-0.05, 0) is 57.3 Å². The molecule has 2 fully saturated rings. The number of methoxy groups -OCH3 is 2. The van der Waals surface area contributed by atoms with Crippen molar-refractivity contribution in [2.75, 3.05) is 33.9 Å². The zero-order chi connectivity index (χ0) is 22.4. The van der Waals surface area contributed by atoms with E-state index in [4.69, 9.17) is 9.47 Å². The Morgan fingerprint density at radius 1 is 1.16 bits per heavy atom. The molecule has 1 saturated carbocycles. The minimum Gasteiger partial charge on any atom is -0.352 e. The first-order valence-corrected chi connectivity index (χ1v) is 11.4. The first-order valence-electron chi connectivity index (χ1n) is 11.4.